The van der Waals surface area contributed by atoms with Crippen LogP contribution in [0.4, 0.5) is 0 Å². The zero-order chi connectivity index (χ0) is 20.4. The lowest BCUT2D eigenvalue weighted by Gasteiger charge is -2.27. The van der Waals surface area contributed by atoms with Crippen LogP contribution in [0.5, 0.6) is 0 Å². The fourth-order valence-corrected chi connectivity index (χ4v) is 8.82. The summed E-state index contributed by atoms with van der Waals surface area (Å²) >= 11 is 0. The lowest BCUT2D eigenvalue weighted by Crippen LogP contribution is -2.32. The van der Waals surface area contributed by atoms with Gasteiger partial charge in [0.15, 0.2) is 0 Å². The Morgan fingerprint density at radius 3 is 1.50 bits per heavy atom. The van der Waals surface area contributed by atoms with Crippen LogP contribution in [-0.2, 0) is 13.2 Å². The molecular formula is C28H25NP+. The minimum absolute atomic E-state index is 1.01. The zero-order valence-corrected chi connectivity index (χ0v) is 18.0. The summed E-state index contributed by atoms with van der Waals surface area (Å²) in [4.78, 5) is 0. The van der Waals surface area contributed by atoms with Crippen molar-refractivity contribution >= 4 is 34.1 Å². The maximum Gasteiger partial charge on any atom is 0.116 e. The molecule has 30 heavy (non-hydrogen) atoms. The molecule has 0 aliphatic heterocycles. The van der Waals surface area contributed by atoms with Crippen LogP contribution < -0.4 is 15.9 Å². The highest BCUT2D eigenvalue weighted by Crippen LogP contribution is 2.58. The van der Waals surface area contributed by atoms with Crippen LogP contribution in [0, 0.1) is 0 Å². The summed E-state index contributed by atoms with van der Waals surface area (Å²) in [6.07, 6.45) is 3.33. The quantitative estimate of drug-likeness (QED) is 0.331. The summed E-state index contributed by atoms with van der Waals surface area (Å²) in [6.45, 7) is 0. The third-order valence-electron chi connectivity index (χ3n) is 5.98. The summed E-state index contributed by atoms with van der Waals surface area (Å²) in [6, 6.07) is 42.1. The van der Waals surface area contributed by atoms with Crippen LogP contribution in [0.15, 0.2) is 121 Å². The Labute approximate surface area is 179 Å². The van der Waals surface area contributed by atoms with Gasteiger partial charge in [0.2, 0.25) is 0 Å². The molecule has 0 unspecified atom stereocenters. The molecule has 0 spiro atoms. The van der Waals surface area contributed by atoms with Crippen molar-refractivity contribution in [3.8, 4) is 0 Å². The molecule has 5 rings (SSSR count). The van der Waals surface area contributed by atoms with Gasteiger partial charge in [0.1, 0.15) is 29.3 Å². The molecule has 0 saturated heterocycles. The molecule has 0 amide bonds. The predicted octanol–water partition coefficient (Wildman–Crippen LogP) is 5.67. The highest BCUT2D eigenvalue weighted by atomic mass is 31.2. The van der Waals surface area contributed by atoms with Crippen LogP contribution in [0.2, 0.25) is 0 Å². The van der Waals surface area contributed by atoms with Gasteiger partial charge in [0.05, 0.1) is 0 Å². The largest absolute Gasteiger partial charge is 0.350 e. The van der Waals surface area contributed by atoms with Gasteiger partial charge in [-0.05, 0) is 42.5 Å². The first kappa shape index (κ1) is 18.9. The van der Waals surface area contributed by atoms with Crippen molar-refractivity contribution in [1.29, 1.82) is 0 Å². The first-order valence-electron chi connectivity index (χ1n) is 10.4. The van der Waals surface area contributed by atoms with Gasteiger partial charge < -0.3 is 4.57 Å². The average Bonchev–Trinajstić information content (AvgIpc) is 3.14. The Bertz CT molecular complexity index is 1160. The molecule has 1 aromatic heterocycles. The van der Waals surface area contributed by atoms with Crippen LogP contribution in [0.25, 0.3) is 10.9 Å². The Morgan fingerprint density at radius 2 is 1.00 bits per heavy atom. The number of hydrogen-bond acceptors (Lipinski definition) is 0. The zero-order valence-electron chi connectivity index (χ0n) is 17.1. The number of aromatic nitrogens is 1. The fraction of sp³-hybridized carbons (Fsp3) is 0.0714. The first-order chi connectivity index (χ1) is 14.8. The second-order valence-electron chi connectivity index (χ2n) is 7.76. The number of fused-ring (bicyclic) bond motifs is 1. The molecule has 0 bridgehead atoms. The SMILES string of the molecule is Cn1cc(C[P+](c2ccccc2)(c2ccccc2)c2ccccc2)c2ccccc21. The molecule has 0 aliphatic carbocycles. The Hall–Kier alpha value is -3.15. The van der Waals surface area contributed by atoms with Crippen molar-refractivity contribution in [1.82, 2.24) is 4.57 Å². The molecular weight excluding hydrogens is 381 g/mol. The summed E-state index contributed by atoms with van der Waals surface area (Å²) in [7, 11) is 0.273. The van der Waals surface area contributed by atoms with E-state index in [0.717, 1.165) is 6.16 Å². The van der Waals surface area contributed by atoms with Crippen LogP contribution in [0.3, 0.4) is 0 Å². The molecule has 0 saturated carbocycles. The monoisotopic (exact) mass is 406 g/mol. The van der Waals surface area contributed by atoms with Crippen LogP contribution in [0.1, 0.15) is 5.56 Å². The summed E-state index contributed by atoms with van der Waals surface area (Å²) in [5.41, 5.74) is 2.71. The van der Waals surface area contributed by atoms with Crippen molar-refractivity contribution in [3.05, 3.63) is 127 Å². The number of hydrogen-bond donors (Lipinski definition) is 0. The summed E-state index contributed by atoms with van der Waals surface area (Å²) in [5, 5.41) is 5.63. The molecule has 0 fully saturated rings. The average molecular weight is 406 g/mol. The summed E-state index contributed by atoms with van der Waals surface area (Å²) in [5.74, 6) is 0. The van der Waals surface area contributed by atoms with Crippen LogP contribution in [-0.4, -0.2) is 4.57 Å². The van der Waals surface area contributed by atoms with E-state index in [1.54, 1.807) is 0 Å². The normalized spacial score (nSPS) is 11.6. The maximum absolute atomic E-state index is 2.33. The molecule has 2 heteroatoms. The first-order valence-corrected chi connectivity index (χ1v) is 12.3. The van der Waals surface area contributed by atoms with Crippen molar-refractivity contribution in [2.75, 3.05) is 0 Å². The standard InChI is InChI=1S/C28H25NP/c1-29-21-23(27-19-11-12-20-28(27)29)22-30(24-13-5-2-6-14-24,25-15-7-3-8-16-25)26-17-9-4-10-18-26/h2-21H,22H2,1H3/q+1. The number of rotatable bonds is 5. The van der Waals surface area contributed by atoms with Gasteiger partial charge in [-0.2, -0.15) is 0 Å². The van der Waals surface area contributed by atoms with E-state index in [9.17, 15) is 0 Å². The number of aryl methyl sites for hydroxylation is 1. The highest BCUT2D eigenvalue weighted by molar-refractivity contribution is 7.95. The third kappa shape index (κ3) is 3.16. The van der Waals surface area contributed by atoms with E-state index in [0.29, 0.717) is 0 Å². The second-order valence-corrected chi connectivity index (χ2v) is 11.2. The predicted molar refractivity (Wildman–Crippen MR) is 132 cm³/mol. The van der Waals surface area contributed by atoms with Crippen molar-refractivity contribution in [2.24, 2.45) is 7.05 Å². The molecule has 1 heterocycles. The van der Waals surface area contributed by atoms with Crippen LogP contribution >= 0.6 is 7.26 Å². The van der Waals surface area contributed by atoms with E-state index in [1.165, 1.54) is 32.4 Å². The van der Waals surface area contributed by atoms with Crippen molar-refractivity contribution in [2.45, 2.75) is 6.16 Å². The molecule has 146 valence electrons. The van der Waals surface area contributed by atoms with Gasteiger partial charge in [-0.3, -0.25) is 0 Å². The van der Waals surface area contributed by atoms with Gasteiger partial charge in [0.25, 0.3) is 0 Å². The second kappa shape index (κ2) is 7.94. The Balaban J connectivity index is 1.82. The maximum atomic E-state index is 2.33. The van der Waals surface area contributed by atoms with E-state index >= 15 is 0 Å². The minimum atomic E-state index is -1.88. The lowest BCUT2D eigenvalue weighted by molar-refractivity contribution is 0.962. The number of nitrogens with zero attached hydrogens (tertiary/aromatic N) is 1. The lowest BCUT2D eigenvalue weighted by atomic mass is 10.2. The molecule has 5 aromatic rings. The van der Waals surface area contributed by atoms with E-state index < -0.39 is 7.26 Å². The molecule has 4 aromatic carbocycles. The van der Waals surface area contributed by atoms with Crippen molar-refractivity contribution < 1.29 is 0 Å². The summed E-state index contributed by atoms with van der Waals surface area (Å²) < 4.78 is 2.26. The van der Waals surface area contributed by atoms with Crippen molar-refractivity contribution in [3.63, 3.8) is 0 Å². The third-order valence-corrected chi connectivity index (χ3v) is 10.3. The Morgan fingerprint density at radius 1 is 0.567 bits per heavy atom. The molecule has 1 nitrogen and oxygen atoms in total. The smallest absolute Gasteiger partial charge is 0.116 e. The van der Waals surface area contributed by atoms with Gasteiger partial charge in [-0.25, -0.2) is 0 Å². The molecule has 0 aliphatic rings. The highest BCUT2D eigenvalue weighted by Gasteiger charge is 2.45. The van der Waals surface area contributed by atoms with Gasteiger partial charge in [0, 0.05) is 29.7 Å². The van der Waals surface area contributed by atoms with Gasteiger partial charge in [-0.1, -0.05) is 72.8 Å². The van der Waals surface area contributed by atoms with E-state index in [4.69, 9.17) is 0 Å². The molecule has 0 atom stereocenters. The molecule has 0 radical (unpaired) electrons. The minimum Gasteiger partial charge on any atom is -0.350 e. The number of benzene rings is 4. The molecule has 0 N–H and O–H groups in total. The van der Waals surface area contributed by atoms with E-state index in [1.807, 2.05) is 0 Å². The topological polar surface area (TPSA) is 4.93 Å². The van der Waals surface area contributed by atoms with Gasteiger partial charge >= 0.3 is 0 Å². The Kier molecular flexibility index (Phi) is 4.99. The number of para-hydroxylation sites is 1. The van der Waals surface area contributed by atoms with Gasteiger partial charge in [-0.15, -0.1) is 0 Å². The van der Waals surface area contributed by atoms with E-state index in [-0.39, 0.29) is 0 Å². The fourth-order valence-electron chi connectivity index (χ4n) is 4.58. The van der Waals surface area contributed by atoms with E-state index in [2.05, 4.69) is 133 Å².